The van der Waals surface area contributed by atoms with Crippen molar-refractivity contribution < 1.29 is 8.42 Å². The molecule has 0 atom stereocenters. The molecule has 162 valence electrons. The molecule has 0 unspecified atom stereocenters. The fraction of sp³-hybridized carbons (Fsp3) is 0.632. The van der Waals surface area contributed by atoms with E-state index in [1.54, 1.807) is 21.4 Å². The highest BCUT2D eigenvalue weighted by Crippen LogP contribution is 2.50. The fourth-order valence-corrected chi connectivity index (χ4v) is 7.26. The maximum atomic E-state index is 12.8. The highest BCUT2D eigenvalue weighted by atomic mass is 35.5. The topological polar surface area (TPSA) is 105 Å². The first kappa shape index (κ1) is 20.2. The number of rotatable bonds is 5. The molecule has 0 aromatic carbocycles. The first-order valence-corrected chi connectivity index (χ1v) is 12.2. The summed E-state index contributed by atoms with van der Waals surface area (Å²) in [5, 5.41) is 11.0. The Balaban J connectivity index is 1.18. The molecule has 3 aliphatic rings. The zero-order valence-electron chi connectivity index (χ0n) is 16.9. The fourth-order valence-electron chi connectivity index (χ4n) is 4.90. The lowest BCUT2D eigenvalue weighted by molar-refractivity contribution is -0.0182. The van der Waals surface area contributed by atoms with Crippen LogP contribution in [-0.4, -0.2) is 69.9 Å². The number of hydrogen-bond acceptors (Lipinski definition) is 7. The number of anilines is 1. The standard InChI is InChI=1S/C19H26ClN7O2S/c1-26-10-13(8-23-26)17-16(20)9-22-18(25-17)24-14-6-19(7-14)11-27(12-19)30(28,29)15-2-4-21-5-3-15/h8-10,14-15,21H,2-7,11-12H2,1H3,(H,22,24,25). The number of sulfonamides is 1. The van der Waals surface area contributed by atoms with Gasteiger partial charge in [0.25, 0.3) is 0 Å². The average Bonchev–Trinajstić information content (AvgIpc) is 3.10. The van der Waals surface area contributed by atoms with E-state index in [4.69, 9.17) is 11.6 Å². The number of aromatic nitrogens is 4. The van der Waals surface area contributed by atoms with Crippen molar-refractivity contribution in [3.63, 3.8) is 0 Å². The minimum atomic E-state index is -3.16. The summed E-state index contributed by atoms with van der Waals surface area (Å²) in [4.78, 5) is 8.87. The van der Waals surface area contributed by atoms with Gasteiger partial charge in [-0.3, -0.25) is 4.68 Å². The van der Waals surface area contributed by atoms with Crippen molar-refractivity contribution in [1.82, 2.24) is 29.4 Å². The van der Waals surface area contributed by atoms with Gasteiger partial charge in [0.2, 0.25) is 16.0 Å². The molecule has 5 rings (SSSR count). The van der Waals surface area contributed by atoms with Crippen LogP contribution in [0.2, 0.25) is 5.02 Å². The number of halogens is 1. The zero-order valence-corrected chi connectivity index (χ0v) is 18.5. The minimum absolute atomic E-state index is 0.107. The minimum Gasteiger partial charge on any atom is -0.351 e. The van der Waals surface area contributed by atoms with Gasteiger partial charge < -0.3 is 10.6 Å². The third kappa shape index (κ3) is 3.59. The second-order valence-electron chi connectivity index (χ2n) is 8.80. The van der Waals surface area contributed by atoms with E-state index in [9.17, 15) is 8.42 Å². The summed E-state index contributed by atoms with van der Waals surface area (Å²) >= 11 is 6.27. The SMILES string of the molecule is Cn1cc(-c2nc(NC3CC4(C3)CN(S(=O)(=O)C3CCNCC3)C4)ncc2Cl)cn1. The summed E-state index contributed by atoms with van der Waals surface area (Å²) in [7, 11) is -1.32. The second-order valence-corrected chi connectivity index (χ2v) is 11.4. The van der Waals surface area contributed by atoms with E-state index in [1.807, 2.05) is 13.2 Å². The molecule has 30 heavy (non-hydrogen) atoms. The van der Waals surface area contributed by atoms with Crippen molar-refractivity contribution >= 4 is 27.6 Å². The number of nitrogens with one attached hydrogen (secondary N) is 2. The van der Waals surface area contributed by atoms with E-state index in [-0.39, 0.29) is 16.7 Å². The van der Waals surface area contributed by atoms with Gasteiger partial charge in [0.15, 0.2) is 0 Å². The van der Waals surface area contributed by atoms with Gasteiger partial charge in [0.05, 0.1) is 28.4 Å². The van der Waals surface area contributed by atoms with Gasteiger partial charge in [-0.05, 0) is 38.8 Å². The van der Waals surface area contributed by atoms with E-state index in [1.165, 1.54) is 0 Å². The smallest absolute Gasteiger partial charge is 0.223 e. The Labute approximate surface area is 181 Å². The van der Waals surface area contributed by atoms with E-state index in [0.29, 0.717) is 42.6 Å². The van der Waals surface area contributed by atoms with E-state index < -0.39 is 10.0 Å². The Morgan fingerprint density at radius 2 is 1.97 bits per heavy atom. The lowest BCUT2D eigenvalue weighted by Gasteiger charge is -2.58. The van der Waals surface area contributed by atoms with Crippen LogP contribution in [0.25, 0.3) is 11.3 Å². The third-order valence-corrected chi connectivity index (χ3v) is 9.07. The molecule has 2 saturated heterocycles. The summed E-state index contributed by atoms with van der Waals surface area (Å²) in [6.07, 6.45) is 8.47. The first-order valence-electron chi connectivity index (χ1n) is 10.3. The molecule has 11 heteroatoms. The second kappa shape index (κ2) is 7.44. The third-order valence-electron chi connectivity index (χ3n) is 6.51. The van der Waals surface area contributed by atoms with Crippen LogP contribution in [-0.2, 0) is 17.1 Å². The van der Waals surface area contributed by atoms with E-state index in [2.05, 4.69) is 25.7 Å². The number of hydrogen-bond donors (Lipinski definition) is 2. The van der Waals surface area contributed by atoms with Crippen molar-refractivity contribution in [2.24, 2.45) is 12.5 Å². The van der Waals surface area contributed by atoms with Crippen molar-refractivity contribution in [3.05, 3.63) is 23.6 Å². The first-order chi connectivity index (χ1) is 14.3. The van der Waals surface area contributed by atoms with Gasteiger partial charge in [-0.1, -0.05) is 11.6 Å². The van der Waals surface area contributed by atoms with Gasteiger partial charge in [-0.15, -0.1) is 0 Å². The maximum Gasteiger partial charge on any atom is 0.223 e. The van der Waals surface area contributed by atoms with Crippen molar-refractivity contribution in [3.8, 4) is 11.3 Å². The molecule has 2 aliphatic heterocycles. The molecule has 2 aromatic heterocycles. The summed E-state index contributed by atoms with van der Waals surface area (Å²) in [6, 6.07) is 0.247. The van der Waals surface area contributed by atoms with Crippen molar-refractivity contribution in [2.45, 2.75) is 37.0 Å². The Morgan fingerprint density at radius 1 is 1.23 bits per heavy atom. The van der Waals surface area contributed by atoms with E-state index >= 15 is 0 Å². The Kier molecular flexibility index (Phi) is 5.00. The molecule has 0 radical (unpaired) electrons. The van der Waals surface area contributed by atoms with Crippen LogP contribution < -0.4 is 10.6 Å². The summed E-state index contributed by atoms with van der Waals surface area (Å²) in [5.41, 5.74) is 1.60. The molecule has 0 bridgehead atoms. The zero-order chi connectivity index (χ0) is 20.9. The van der Waals surface area contributed by atoms with Gasteiger partial charge in [-0.25, -0.2) is 22.7 Å². The lowest BCUT2D eigenvalue weighted by atomic mass is 9.61. The molecular formula is C19H26ClN7O2S. The normalized spacial score (nSPS) is 22.6. The van der Waals surface area contributed by atoms with Crippen molar-refractivity contribution in [1.29, 1.82) is 0 Å². The van der Waals surface area contributed by atoms with Crippen LogP contribution >= 0.6 is 11.6 Å². The average molecular weight is 452 g/mol. The number of piperidine rings is 1. The summed E-state index contributed by atoms with van der Waals surface area (Å²) < 4.78 is 29.0. The van der Waals surface area contributed by atoms with Gasteiger partial charge in [-0.2, -0.15) is 5.10 Å². The molecule has 9 nitrogen and oxygen atoms in total. The monoisotopic (exact) mass is 451 g/mol. The number of aryl methyl sites for hydroxylation is 1. The molecule has 4 heterocycles. The predicted octanol–water partition coefficient (Wildman–Crippen LogP) is 1.49. The van der Waals surface area contributed by atoms with Crippen LogP contribution in [0.1, 0.15) is 25.7 Å². The highest BCUT2D eigenvalue weighted by Gasteiger charge is 2.56. The van der Waals surface area contributed by atoms with E-state index in [0.717, 1.165) is 31.5 Å². The molecule has 2 aromatic rings. The molecular weight excluding hydrogens is 426 g/mol. The molecule has 1 aliphatic carbocycles. The molecule has 1 saturated carbocycles. The molecule has 1 spiro atoms. The largest absolute Gasteiger partial charge is 0.351 e. The number of nitrogens with zero attached hydrogens (tertiary/aromatic N) is 5. The summed E-state index contributed by atoms with van der Waals surface area (Å²) in [6.45, 7) is 2.85. The van der Waals surface area contributed by atoms with Crippen molar-refractivity contribution in [2.75, 3.05) is 31.5 Å². The Hall–Kier alpha value is -1.75. The van der Waals surface area contributed by atoms with Crippen LogP contribution in [0.5, 0.6) is 0 Å². The van der Waals surface area contributed by atoms with Gasteiger partial charge in [0.1, 0.15) is 0 Å². The Morgan fingerprint density at radius 3 is 2.63 bits per heavy atom. The maximum absolute atomic E-state index is 12.8. The Bertz CT molecular complexity index is 1040. The highest BCUT2D eigenvalue weighted by molar-refractivity contribution is 7.89. The van der Waals surface area contributed by atoms with Crippen LogP contribution in [0.4, 0.5) is 5.95 Å². The molecule has 2 N–H and O–H groups in total. The lowest BCUT2D eigenvalue weighted by Crippen LogP contribution is -2.67. The van der Waals surface area contributed by atoms with Gasteiger partial charge in [0, 0.05) is 43.4 Å². The van der Waals surface area contributed by atoms with Crippen LogP contribution in [0, 0.1) is 5.41 Å². The molecule has 0 amide bonds. The van der Waals surface area contributed by atoms with Gasteiger partial charge >= 0.3 is 0 Å². The quantitative estimate of drug-likeness (QED) is 0.709. The molecule has 3 fully saturated rings. The van der Waals surface area contributed by atoms with Crippen LogP contribution in [0.15, 0.2) is 18.6 Å². The van der Waals surface area contributed by atoms with Crippen LogP contribution in [0.3, 0.4) is 0 Å². The summed E-state index contributed by atoms with van der Waals surface area (Å²) in [5.74, 6) is 0.539. The predicted molar refractivity (Wildman–Crippen MR) is 115 cm³/mol.